The lowest BCUT2D eigenvalue weighted by atomic mass is 9.88. The fraction of sp³-hybridized carbons (Fsp3) is 0.733. The lowest BCUT2D eigenvalue weighted by Crippen LogP contribution is -2.31. The van der Waals surface area contributed by atoms with Crippen LogP contribution in [0.2, 0.25) is 0 Å². The van der Waals surface area contributed by atoms with Crippen LogP contribution in [0.1, 0.15) is 58.3 Å². The van der Waals surface area contributed by atoms with E-state index in [0.717, 1.165) is 10.7 Å². The van der Waals surface area contributed by atoms with Crippen molar-refractivity contribution >= 4 is 17.3 Å². The van der Waals surface area contributed by atoms with Crippen LogP contribution in [0.15, 0.2) is 5.38 Å². The normalized spacial score (nSPS) is 14.2. The molecular formula is C15H25NO3S. The van der Waals surface area contributed by atoms with Crippen LogP contribution in [-0.4, -0.2) is 24.7 Å². The van der Waals surface area contributed by atoms with Gasteiger partial charge in [-0.1, -0.05) is 20.8 Å². The minimum Gasteiger partial charge on any atom is -0.465 e. The average Bonchev–Trinajstić information content (AvgIpc) is 2.78. The fourth-order valence-electron chi connectivity index (χ4n) is 1.94. The lowest BCUT2D eigenvalue weighted by Gasteiger charge is -2.27. The molecule has 0 amide bonds. The number of hydrogen-bond donors (Lipinski definition) is 0. The van der Waals surface area contributed by atoms with E-state index in [1.54, 1.807) is 14.0 Å². The van der Waals surface area contributed by atoms with Crippen LogP contribution in [0.4, 0.5) is 0 Å². The molecule has 1 rings (SSSR count). The summed E-state index contributed by atoms with van der Waals surface area (Å²) in [5.41, 5.74) is -0.0407. The number of hydrogen-bond acceptors (Lipinski definition) is 5. The second-order valence-electron chi connectivity index (χ2n) is 6.40. The molecule has 0 N–H and O–H groups in total. The Balaban J connectivity index is 3.05. The third-order valence-corrected chi connectivity index (χ3v) is 4.08. The highest BCUT2D eigenvalue weighted by Gasteiger charge is 2.36. The SMILES string of the molecule is CCOC(=O)C(C)(C)c1csc(C(OC)C(C)(C)C)n1. The molecule has 0 bridgehead atoms. The highest BCUT2D eigenvalue weighted by molar-refractivity contribution is 7.09. The largest absolute Gasteiger partial charge is 0.465 e. The molecule has 0 radical (unpaired) electrons. The van der Waals surface area contributed by atoms with E-state index in [9.17, 15) is 4.79 Å². The topological polar surface area (TPSA) is 48.4 Å². The van der Waals surface area contributed by atoms with Crippen LogP contribution in [0, 0.1) is 5.41 Å². The van der Waals surface area contributed by atoms with Gasteiger partial charge in [-0.25, -0.2) is 4.98 Å². The molecule has 114 valence electrons. The summed E-state index contributed by atoms with van der Waals surface area (Å²) in [5, 5.41) is 2.82. The summed E-state index contributed by atoms with van der Waals surface area (Å²) in [5.74, 6) is -0.249. The monoisotopic (exact) mass is 299 g/mol. The summed E-state index contributed by atoms with van der Waals surface area (Å²) in [6, 6.07) is 0. The Morgan fingerprint density at radius 1 is 1.35 bits per heavy atom. The maximum absolute atomic E-state index is 12.0. The second kappa shape index (κ2) is 6.22. The average molecular weight is 299 g/mol. The fourth-order valence-corrected chi connectivity index (χ4v) is 3.24. The third-order valence-electron chi connectivity index (χ3n) is 3.19. The van der Waals surface area contributed by atoms with Crippen LogP contribution < -0.4 is 0 Å². The Kier molecular flexibility index (Phi) is 5.33. The van der Waals surface area contributed by atoms with Crippen LogP contribution in [0.3, 0.4) is 0 Å². The summed E-state index contributed by atoms with van der Waals surface area (Å²) >= 11 is 1.53. The van der Waals surface area contributed by atoms with Gasteiger partial charge in [-0.15, -0.1) is 11.3 Å². The first kappa shape index (κ1) is 17.1. The van der Waals surface area contributed by atoms with Crippen molar-refractivity contribution in [1.82, 2.24) is 4.98 Å². The summed E-state index contributed by atoms with van der Waals surface area (Å²) in [6.07, 6.45) is -0.0840. The Labute approximate surface area is 125 Å². The number of thiazole rings is 1. The first-order valence-electron chi connectivity index (χ1n) is 6.80. The van der Waals surface area contributed by atoms with Gasteiger partial charge < -0.3 is 9.47 Å². The summed E-state index contributed by atoms with van der Waals surface area (Å²) < 4.78 is 10.7. The van der Waals surface area contributed by atoms with Gasteiger partial charge in [0, 0.05) is 12.5 Å². The van der Waals surface area contributed by atoms with Crippen LogP contribution in [0.5, 0.6) is 0 Å². The molecule has 1 aromatic rings. The van der Waals surface area contributed by atoms with Crippen molar-refractivity contribution in [3.8, 4) is 0 Å². The van der Waals surface area contributed by atoms with Crippen molar-refractivity contribution < 1.29 is 14.3 Å². The number of methoxy groups -OCH3 is 1. The van der Waals surface area contributed by atoms with Crippen LogP contribution in [-0.2, 0) is 19.7 Å². The van der Waals surface area contributed by atoms with Crippen LogP contribution >= 0.6 is 11.3 Å². The van der Waals surface area contributed by atoms with Gasteiger partial charge in [0.1, 0.15) is 16.5 Å². The van der Waals surface area contributed by atoms with Gasteiger partial charge in [-0.2, -0.15) is 0 Å². The molecule has 0 aliphatic carbocycles. The van der Waals surface area contributed by atoms with Crippen LogP contribution in [0.25, 0.3) is 0 Å². The molecule has 1 atom stereocenters. The summed E-state index contributed by atoms with van der Waals surface area (Å²) in [6.45, 7) is 12.2. The summed E-state index contributed by atoms with van der Waals surface area (Å²) in [7, 11) is 1.69. The Morgan fingerprint density at radius 3 is 2.40 bits per heavy atom. The van der Waals surface area contributed by atoms with Crippen molar-refractivity contribution in [2.45, 2.75) is 53.1 Å². The quantitative estimate of drug-likeness (QED) is 0.778. The number of nitrogens with zero attached hydrogens (tertiary/aromatic N) is 1. The zero-order valence-corrected chi connectivity index (χ0v) is 14.3. The van der Waals surface area contributed by atoms with Gasteiger partial charge in [0.05, 0.1) is 12.3 Å². The van der Waals surface area contributed by atoms with E-state index in [0.29, 0.717) is 6.61 Å². The summed E-state index contributed by atoms with van der Waals surface area (Å²) in [4.78, 5) is 16.6. The predicted molar refractivity (Wildman–Crippen MR) is 81.0 cm³/mol. The molecule has 0 aliphatic rings. The van der Waals surface area contributed by atoms with E-state index in [1.165, 1.54) is 11.3 Å². The number of ether oxygens (including phenoxy) is 2. The zero-order chi connectivity index (χ0) is 15.6. The predicted octanol–water partition coefficient (Wildman–Crippen LogP) is 3.72. The first-order valence-corrected chi connectivity index (χ1v) is 7.68. The molecule has 0 fully saturated rings. The molecule has 0 saturated heterocycles. The van der Waals surface area contributed by atoms with E-state index in [1.807, 2.05) is 19.2 Å². The maximum atomic E-state index is 12.0. The van der Waals surface area contributed by atoms with E-state index < -0.39 is 5.41 Å². The van der Waals surface area contributed by atoms with Crippen molar-refractivity contribution in [3.05, 3.63) is 16.1 Å². The lowest BCUT2D eigenvalue weighted by molar-refractivity contribution is -0.148. The van der Waals surface area contributed by atoms with Crippen molar-refractivity contribution in [2.75, 3.05) is 13.7 Å². The van der Waals surface area contributed by atoms with Gasteiger partial charge in [0.25, 0.3) is 0 Å². The Morgan fingerprint density at radius 2 is 1.95 bits per heavy atom. The molecule has 0 aromatic carbocycles. The van der Waals surface area contributed by atoms with Gasteiger partial charge >= 0.3 is 5.97 Å². The minimum atomic E-state index is -0.735. The first-order chi connectivity index (χ1) is 9.14. The molecule has 4 nitrogen and oxygen atoms in total. The van der Waals surface area contributed by atoms with Gasteiger partial charge in [-0.3, -0.25) is 4.79 Å². The number of carbonyl (C=O) groups is 1. The van der Waals surface area contributed by atoms with Gasteiger partial charge in [-0.05, 0) is 26.2 Å². The standard InChI is InChI=1S/C15H25NO3S/c1-8-19-13(17)15(5,6)10-9-20-12(16-10)11(18-7)14(2,3)4/h9,11H,8H2,1-7H3. The van der Waals surface area contributed by atoms with Crippen molar-refractivity contribution in [3.63, 3.8) is 0 Å². The van der Waals surface area contributed by atoms with Crippen molar-refractivity contribution in [1.29, 1.82) is 0 Å². The molecule has 0 saturated carbocycles. The van der Waals surface area contributed by atoms with E-state index in [4.69, 9.17) is 9.47 Å². The van der Waals surface area contributed by atoms with Gasteiger partial charge in [0.2, 0.25) is 0 Å². The molecule has 0 aliphatic heterocycles. The van der Waals surface area contributed by atoms with E-state index >= 15 is 0 Å². The maximum Gasteiger partial charge on any atom is 0.317 e. The number of esters is 1. The molecule has 1 unspecified atom stereocenters. The smallest absolute Gasteiger partial charge is 0.317 e. The number of carbonyl (C=O) groups excluding carboxylic acids is 1. The molecule has 1 heterocycles. The highest BCUT2D eigenvalue weighted by atomic mass is 32.1. The van der Waals surface area contributed by atoms with E-state index in [2.05, 4.69) is 25.8 Å². The Bertz CT molecular complexity index is 460. The zero-order valence-electron chi connectivity index (χ0n) is 13.4. The highest BCUT2D eigenvalue weighted by Crippen LogP contribution is 2.38. The molecule has 5 heteroatoms. The van der Waals surface area contributed by atoms with E-state index in [-0.39, 0.29) is 17.5 Å². The second-order valence-corrected chi connectivity index (χ2v) is 7.29. The molecular weight excluding hydrogens is 274 g/mol. The number of aromatic nitrogens is 1. The van der Waals surface area contributed by atoms with Crippen molar-refractivity contribution in [2.24, 2.45) is 5.41 Å². The number of rotatable bonds is 5. The molecule has 0 spiro atoms. The molecule has 20 heavy (non-hydrogen) atoms. The minimum absolute atomic E-state index is 0.0437. The molecule has 1 aromatic heterocycles. The van der Waals surface area contributed by atoms with Gasteiger partial charge in [0.15, 0.2) is 0 Å². The Hall–Kier alpha value is -0.940. The third kappa shape index (κ3) is 3.58.